The van der Waals surface area contributed by atoms with Crippen LogP contribution >= 0.6 is 0 Å². The van der Waals surface area contributed by atoms with Gasteiger partial charge in [0.25, 0.3) is 0 Å². The monoisotopic (exact) mass is 288 g/mol. The second kappa shape index (κ2) is 6.06. The molecular weight excluding hydrogens is 264 g/mol. The number of carbonyl (C=O) groups excluding carboxylic acids is 1. The Labute approximate surface area is 126 Å². The van der Waals surface area contributed by atoms with Crippen LogP contribution in [0.4, 0.5) is 0 Å². The van der Waals surface area contributed by atoms with Crippen LogP contribution in [0.3, 0.4) is 0 Å². The molecule has 1 N–H and O–H groups in total. The molecule has 114 valence electrons. The maximum absolute atomic E-state index is 12.7. The lowest BCUT2D eigenvalue weighted by molar-refractivity contribution is -0.130. The molecule has 2 fully saturated rings. The van der Waals surface area contributed by atoms with Crippen molar-refractivity contribution in [2.45, 2.75) is 44.8 Å². The van der Waals surface area contributed by atoms with Crippen molar-refractivity contribution in [1.29, 1.82) is 0 Å². The van der Waals surface area contributed by atoms with E-state index in [9.17, 15) is 4.79 Å². The number of benzene rings is 1. The van der Waals surface area contributed by atoms with Gasteiger partial charge in [0, 0.05) is 12.1 Å². The molecule has 3 rings (SSSR count). The van der Waals surface area contributed by atoms with Crippen molar-refractivity contribution in [3.63, 3.8) is 0 Å². The number of amides is 1. The van der Waals surface area contributed by atoms with Crippen LogP contribution in [0, 0.1) is 5.92 Å². The molecular formula is C17H24N2O2. The first-order chi connectivity index (χ1) is 10.2. The Morgan fingerprint density at radius 3 is 2.76 bits per heavy atom. The SMILES string of the molecule is CCCC1NC(c2ccccc2OC)N(CC2CC2)C1=O. The molecule has 0 spiro atoms. The maximum atomic E-state index is 12.7. The highest BCUT2D eigenvalue weighted by atomic mass is 16.5. The van der Waals surface area contributed by atoms with Gasteiger partial charge in [-0.15, -0.1) is 0 Å². The average Bonchev–Trinajstić information content (AvgIpc) is 3.28. The molecule has 0 aromatic heterocycles. The summed E-state index contributed by atoms with van der Waals surface area (Å²) in [5.74, 6) is 1.79. The molecule has 1 saturated carbocycles. The molecule has 2 unspecified atom stereocenters. The van der Waals surface area contributed by atoms with Crippen molar-refractivity contribution < 1.29 is 9.53 Å². The minimum Gasteiger partial charge on any atom is -0.496 e. The van der Waals surface area contributed by atoms with Crippen molar-refractivity contribution in [3.8, 4) is 5.75 Å². The standard InChI is InChI=1S/C17H24N2O2/c1-3-6-14-17(20)19(11-12-9-10-12)16(18-14)13-7-4-5-8-15(13)21-2/h4-5,7-8,12,14,16,18H,3,6,9-11H2,1-2H3. The Hall–Kier alpha value is -1.55. The molecule has 1 aromatic rings. The van der Waals surface area contributed by atoms with E-state index >= 15 is 0 Å². The van der Waals surface area contributed by atoms with E-state index < -0.39 is 0 Å². The predicted octanol–water partition coefficient (Wildman–Crippen LogP) is 2.70. The number of rotatable bonds is 6. The maximum Gasteiger partial charge on any atom is 0.241 e. The lowest BCUT2D eigenvalue weighted by Gasteiger charge is -2.25. The minimum atomic E-state index is -0.0522. The summed E-state index contributed by atoms with van der Waals surface area (Å²) in [6.45, 7) is 2.99. The molecule has 1 saturated heterocycles. The van der Waals surface area contributed by atoms with Gasteiger partial charge in [-0.05, 0) is 31.2 Å². The van der Waals surface area contributed by atoms with Crippen LogP contribution in [-0.4, -0.2) is 30.5 Å². The van der Waals surface area contributed by atoms with Crippen LogP contribution < -0.4 is 10.1 Å². The van der Waals surface area contributed by atoms with E-state index in [1.165, 1.54) is 12.8 Å². The molecule has 4 heteroatoms. The van der Waals surface area contributed by atoms with Crippen molar-refractivity contribution in [2.75, 3.05) is 13.7 Å². The number of nitrogens with zero attached hydrogens (tertiary/aromatic N) is 1. The van der Waals surface area contributed by atoms with Gasteiger partial charge in [0.1, 0.15) is 11.9 Å². The number of methoxy groups -OCH3 is 1. The second-order valence-electron chi connectivity index (χ2n) is 6.09. The van der Waals surface area contributed by atoms with Gasteiger partial charge in [0.05, 0.1) is 13.2 Å². The predicted molar refractivity (Wildman–Crippen MR) is 82.0 cm³/mol. The second-order valence-corrected chi connectivity index (χ2v) is 6.09. The summed E-state index contributed by atoms with van der Waals surface area (Å²) in [4.78, 5) is 14.7. The van der Waals surface area contributed by atoms with Gasteiger partial charge >= 0.3 is 0 Å². The normalized spacial score (nSPS) is 25.4. The van der Waals surface area contributed by atoms with Gasteiger partial charge in [0.15, 0.2) is 0 Å². The molecule has 1 aliphatic heterocycles. The summed E-state index contributed by atoms with van der Waals surface area (Å²) in [6, 6.07) is 7.94. The van der Waals surface area contributed by atoms with Gasteiger partial charge in [-0.2, -0.15) is 0 Å². The number of hydrogen-bond donors (Lipinski definition) is 1. The number of nitrogens with one attached hydrogen (secondary N) is 1. The third-order valence-electron chi connectivity index (χ3n) is 4.41. The highest BCUT2D eigenvalue weighted by Gasteiger charge is 2.42. The van der Waals surface area contributed by atoms with Crippen LogP contribution in [0.5, 0.6) is 5.75 Å². The average molecular weight is 288 g/mol. The van der Waals surface area contributed by atoms with Gasteiger partial charge in [0.2, 0.25) is 5.91 Å². The van der Waals surface area contributed by atoms with E-state index in [0.29, 0.717) is 5.92 Å². The van der Waals surface area contributed by atoms with Crippen LogP contribution in [-0.2, 0) is 4.79 Å². The lowest BCUT2D eigenvalue weighted by atomic mass is 10.1. The quantitative estimate of drug-likeness (QED) is 0.875. The minimum absolute atomic E-state index is 0.0502. The molecule has 4 nitrogen and oxygen atoms in total. The zero-order valence-corrected chi connectivity index (χ0v) is 12.8. The summed E-state index contributed by atoms with van der Waals surface area (Å²) in [5.41, 5.74) is 1.06. The Morgan fingerprint density at radius 2 is 2.10 bits per heavy atom. The van der Waals surface area contributed by atoms with E-state index in [4.69, 9.17) is 4.74 Å². The van der Waals surface area contributed by atoms with Crippen molar-refractivity contribution in [3.05, 3.63) is 29.8 Å². The Morgan fingerprint density at radius 1 is 1.33 bits per heavy atom. The number of para-hydroxylation sites is 1. The van der Waals surface area contributed by atoms with E-state index in [0.717, 1.165) is 30.7 Å². The molecule has 1 amide bonds. The molecule has 2 atom stereocenters. The highest BCUT2D eigenvalue weighted by molar-refractivity contribution is 5.84. The van der Waals surface area contributed by atoms with Crippen LogP contribution in [0.25, 0.3) is 0 Å². The van der Waals surface area contributed by atoms with Gasteiger partial charge < -0.3 is 9.64 Å². The van der Waals surface area contributed by atoms with E-state index in [1.54, 1.807) is 7.11 Å². The Bertz CT molecular complexity index is 513. The molecule has 1 heterocycles. The fraction of sp³-hybridized carbons (Fsp3) is 0.588. The number of hydrogen-bond acceptors (Lipinski definition) is 3. The topological polar surface area (TPSA) is 41.6 Å². The van der Waals surface area contributed by atoms with E-state index in [2.05, 4.69) is 18.3 Å². The van der Waals surface area contributed by atoms with Gasteiger partial charge in [-0.3, -0.25) is 10.1 Å². The third-order valence-corrected chi connectivity index (χ3v) is 4.41. The lowest BCUT2D eigenvalue weighted by Crippen LogP contribution is -2.33. The number of ether oxygens (including phenoxy) is 1. The molecule has 1 aliphatic carbocycles. The summed E-state index contributed by atoms with van der Waals surface area (Å²) < 4.78 is 5.48. The van der Waals surface area contributed by atoms with E-state index in [-0.39, 0.29) is 18.1 Å². The van der Waals surface area contributed by atoms with Crippen molar-refractivity contribution in [1.82, 2.24) is 10.2 Å². The third kappa shape index (κ3) is 2.91. The first kappa shape index (κ1) is 14.4. The van der Waals surface area contributed by atoms with Gasteiger partial charge in [-0.25, -0.2) is 0 Å². The van der Waals surface area contributed by atoms with Gasteiger partial charge in [-0.1, -0.05) is 31.5 Å². The van der Waals surface area contributed by atoms with Crippen molar-refractivity contribution >= 4 is 5.91 Å². The zero-order chi connectivity index (χ0) is 14.8. The summed E-state index contributed by atoms with van der Waals surface area (Å²) in [5, 5.41) is 3.51. The van der Waals surface area contributed by atoms with Crippen LogP contribution in [0.15, 0.2) is 24.3 Å². The first-order valence-corrected chi connectivity index (χ1v) is 7.94. The Kier molecular flexibility index (Phi) is 4.15. The smallest absolute Gasteiger partial charge is 0.241 e. The molecule has 2 aliphatic rings. The summed E-state index contributed by atoms with van der Waals surface area (Å²) >= 11 is 0. The largest absolute Gasteiger partial charge is 0.496 e. The Balaban J connectivity index is 1.87. The van der Waals surface area contributed by atoms with Crippen LogP contribution in [0.2, 0.25) is 0 Å². The number of carbonyl (C=O) groups is 1. The fourth-order valence-electron chi connectivity index (χ4n) is 3.10. The first-order valence-electron chi connectivity index (χ1n) is 7.94. The van der Waals surface area contributed by atoms with Crippen LogP contribution in [0.1, 0.15) is 44.3 Å². The highest BCUT2D eigenvalue weighted by Crippen LogP contribution is 2.37. The summed E-state index contributed by atoms with van der Waals surface area (Å²) in [7, 11) is 1.68. The molecule has 21 heavy (non-hydrogen) atoms. The summed E-state index contributed by atoms with van der Waals surface area (Å²) in [6.07, 6.45) is 4.36. The van der Waals surface area contributed by atoms with Crippen molar-refractivity contribution in [2.24, 2.45) is 5.92 Å². The zero-order valence-electron chi connectivity index (χ0n) is 12.8. The molecule has 0 radical (unpaired) electrons. The fourth-order valence-corrected chi connectivity index (χ4v) is 3.10. The van der Waals surface area contributed by atoms with E-state index in [1.807, 2.05) is 23.1 Å². The molecule has 0 bridgehead atoms. The molecule has 1 aromatic carbocycles.